The summed E-state index contributed by atoms with van der Waals surface area (Å²) in [6.07, 6.45) is 4.58. The molecular formula is C13H17BrO. The zero-order valence-corrected chi connectivity index (χ0v) is 10.6. The van der Waals surface area contributed by atoms with E-state index in [4.69, 9.17) is 0 Å². The average Bonchev–Trinajstić information content (AvgIpc) is 2.15. The Morgan fingerprint density at radius 2 is 2.20 bits per heavy atom. The van der Waals surface area contributed by atoms with Gasteiger partial charge in [0.1, 0.15) is 0 Å². The maximum atomic E-state index is 10.1. The second kappa shape index (κ2) is 4.67. The summed E-state index contributed by atoms with van der Waals surface area (Å²) in [4.78, 5) is 0. The van der Waals surface area contributed by atoms with Crippen LogP contribution in [-0.4, -0.2) is 5.11 Å². The van der Waals surface area contributed by atoms with Crippen molar-refractivity contribution in [1.82, 2.24) is 0 Å². The maximum absolute atomic E-state index is 10.1. The summed E-state index contributed by atoms with van der Waals surface area (Å²) >= 11 is 3.45. The SMILES string of the molecule is Cc1ccc(Br)cc1C(O)CC1CCC1. The van der Waals surface area contributed by atoms with E-state index in [1.807, 2.05) is 12.1 Å². The van der Waals surface area contributed by atoms with Gasteiger partial charge < -0.3 is 5.11 Å². The third-order valence-electron chi connectivity index (χ3n) is 3.38. The molecule has 1 aromatic carbocycles. The number of hydrogen-bond donors (Lipinski definition) is 1. The third kappa shape index (κ3) is 2.61. The van der Waals surface area contributed by atoms with Crippen molar-refractivity contribution in [2.24, 2.45) is 5.92 Å². The van der Waals surface area contributed by atoms with Crippen LogP contribution in [-0.2, 0) is 0 Å². The normalized spacial score (nSPS) is 18.6. The van der Waals surface area contributed by atoms with Crippen LogP contribution in [0.3, 0.4) is 0 Å². The molecule has 0 heterocycles. The minimum Gasteiger partial charge on any atom is -0.388 e. The van der Waals surface area contributed by atoms with Crippen molar-refractivity contribution in [3.05, 3.63) is 33.8 Å². The highest BCUT2D eigenvalue weighted by Gasteiger charge is 2.22. The number of halogens is 1. The lowest BCUT2D eigenvalue weighted by Crippen LogP contribution is -2.15. The van der Waals surface area contributed by atoms with Gasteiger partial charge >= 0.3 is 0 Å². The fraction of sp³-hybridized carbons (Fsp3) is 0.538. The first-order valence-corrected chi connectivity index (χ1v) is 6.40. The molecule has 1 nitrogen and oxygen atoms in total. The molecule has 0 bridgehead atoms. The second-order valence-corrected chi connectivity index (χ2v) is 5.47. The smallest absolute Gasteiger partial charge is 0.0795 e. The molecule has 1 fully saturated rings. The van der Waals surface area contributed by atoms with Crippen molar-refractivity contribution in [3.8, 4) is 0 Å². The van der Waals surface area contributed by atoms with Crippen molar-refractivity contribution < 1.29 is 5.11 Å². The molecule has 1 unspecified atom stereocenters. The molecule has 1 atom stereocenters. The van der Waals surface area contributed by atoms with Gasteiger partial charge in [0, 0.05) is 4.47 Å². The summed E-state index contributed by atoms with van der Waals surface area (Å²) in [5.41, 5.74) is 2.27. The Kier molecular flexibility index (Phi) is 3.47. The lowest BCUT2D eigenvalue weighted by Gasteiger charge is -2.28. The monoisotopic (exact) mass is 268 g/mol. The third-order valence-corrected chi connectivity index (χ3v) is 3.87. The highest BCUT2D eigenvalue weighted by Crippen LogP contribution is 2.35. The molecule has 0 saturated heterocycles. The Bertz CT molecular complexity index is 344. The fourth-order valence-electron chi connectivity index (χ4n) is 2.14. The molecule has 1 saturated carbocycles. The van der Waals surface area contributed by atoms with Crippen LogP contribution in [0.15, 0.2) is 22.7 Å². The quantitative estimate of drug-likeness (QED) is 0.879. The van der Waals surface area contributed by atoms with Gasteiger partial charge in [-0.3, -0.25) is 0 Å². The first-order valence-electron chi connectivity index (χ1n) is 5.61. The van der Waals surface area contributed by atoms with Gasteiger partial charge in [0.25, 0.3) is 0 Å². The van der Waals surface area contributed by atoms with E-state index < -0.39 is 0 Å². The summed E-state index contributed by atoms with van der Waals surface area (Å²) in [6.45, 7) is 2.06. The number of aliphatic hydroxyl groups is 1. The minimum atomic E-state index is -0.284. The molecule has 1 aliphatic carbocycles. The van der Waals surface area contributed by atoms with E-state index in [0.29, 0.717) is 0 Å². The molecule has 1 aliphatic rings. The van der Waals surface area contributed by atoms with Gasteiger partial charge in [-0.2, -0.15) is 0 Å². The molecule has 0 aromatic heterocycles. The zero-order valence-electron chi connectivity index (χ0n) is 9.04. The van der Waals surface area contributed by atoms with Crippen LogP contribution in [0.5, 0.6) is 0 Å². The lowest BCUT2D eigenvalue weighted by atomic mass is 9.80. The van der Waals surface area contributed by atoms with E-state index in [9.17, 15) is 5.11 Å². The van der Waals surface area contributed by atoms with E-state index >= 15 is 0 Å². The van der Waals surface area contributed by atoms with Gasteiger partial charge in [0.15, 0.2) is 0 Å². The highest BCUT2D eigenvalue weighted by molar-refractivity contribution is 9.10. The molecule has 0 amide bonds. The largest absolute Gasteiger partial charge is 0.388 e. The van der Waals surface area contributed by atoms with Crippen molar-refractivity contribution in [1.29, 1.82) is 0 Å². The van der Waals surface area contributed by atoms with Crippen LogP contribution in [0, 0.1) is 12.8 Å². The molecule has 2 rings (SSSR count). The summed E-state index contributed by atoms with van der Waals surface area (Å²) in [7, 11) is 0. The van der Waals surface area contributed by atoms with Gasteiger partial charge in [-0.05, 0) is 42.5 Å². The Morgan fingerprint density at radius 3 is 2.80 bits per heavy atom. The van der Waals surface area contributed by atoms with Gasteiger partial charge in [0.2, 0.25) is 0 Å². The molecule has 1 aromatic rings. The summed E-state index contributed by atoms with van der Waals surface area (Å²) in [5.74, 6) is 0.749. The first kappa shape index (κ1) is 11.2. The van der Waals surface area contributed by atoms with E-state index in [2.05, 4.69) is 28.9 Å². The molecule has 0 spiro atoms. The summed E-state index contributed by atoms with van der Waals surface area (Å²) < 4.78 is 1.05. The molecule has 2 heteroatoms. The van der Waals surface area contributed by atoms with E-state index in [1.54, 1.807) is 0 Å². The summed E-state index contributed by atoms with van der Waals surface area (Å²) in [6, 6.07) is 6.12. The highest BCUT2D eigenvalue weighted by atomic mass is 79.9. The molecule has 0 aliphatic heterocycles. The predicted molar refractivity (Wildman–Crippen MR) is 65.8 cm³/mol. The van der Waals surface area contributed by atoms with Gasteiger partial charge in [-0.25, -0.2) is 0 Å². The number of rotatable bonds is 3. The number of aliphatic hydroxyl groups excluding tert-OH is 1. The van der Waals surface area contributed by atoms with E-state index in [0.717, 1.165) is 22.4 Å². The van der Waals surface area contributed by atoms with Crippen molar-refractivity contribution >= 4 is 15.9 Å². The van der Waals surface area contributed by atoms with E-state index in [-0.39, 0.29) is 6.10 Å². The topological polar surface area (TPSA) is 20.2 Å². The average molecular weight is 269 g/mol. The van der Waals surface area contributed by atoms with Crippen LogP contribution in [0.4, 0.5) is 0 Å². The second-order valence-electron chi connectivity index (χ2n) is 4.55. The number of hydrogen-bond acceptors (Lipinski definition) is 1. The van der Waals surface area contributed by atoms with Gasteiger partial charge in [-0.1, -0.05) is 41.3 Å². The maximum Gasteiger partial charge on any atom is 0.0795 e. The van der Waals surface area contributed by atoms with Crippen LogP contribution >= 0.6 is 15.9 Å². The molecule has 15 heavy (non-hydrogen) atoms. The summed E-state index contributed by atoms with van der Waals surface area (Å²) in [5, 5.41) is 10.1. The predicted octanol–water partition coefficient (Wildman–Crippen LogP) is 3.98. The van der Waals surface area contributed by atoms with E-state index in [1.165, 1.54) is 24.8 Å². The van der Waals surface area contributed by atoms with Gasteiger partial charge in [0.05, 0.1) is 6.10 Å². The van der Waals surface area contributed by atoms with Crippen LogP contribution in [0.25, 0.3) is 0 Å². The van der Waals surface area contributed by atoms with Crippen molar-refractivity contribution in [3.63, 3.8) is 0 Å². The standard InChI is InChI=1S/C13H17BrO/c1-9-5-6-11(14)8-12(9)13(15)7-10-3-2-4-10/h5-6,8,10,13,15H,2-4,7H2,1H3. The Morgan fingerprint density at radius 1 is 1.47 bits per heavy atom. The first-order chi connectivity index (χ1) is 7.16. The molecule has 0 radical (unpaired) electrons. The Hall–Kier alpha value is -0.340. The van der Waals surface area contributed by atoms with Crippen molar-refractivity contribution in [2.75, 3.05) is 0 Å². The Labute approximate surface area is 99.6 Å². The van der Waals surface area contributed by atoms with Crippen LogP contribution < -0.4 is 0 Å². The lowest BCUT2D eigenvalue weighted by molar-refractivity contribution is 0.118. The van der Waals surface area contributed by atoms with Crippen LogP contribution in [0.2, 0.25) is 0 Å². The van der Waals surface area contributed by atoms with Gasteiger partial charge in [-0.15, -0.1) is 0 Å². The van der Waals surface area contributed by atoms with Crippen LogP contribution in [0.1, 0.15) is 42.9 Å². The minimum absolute atomic E-state index is 0.284. The molecule has 1 N–H and O–H groups in total. The Balaban J connectivity index is 2.09. The molecular weight excluding hydrogens is 252 g/mol. The zero-order chi connectivity index (χ0) is 10.8. The molecule has 82 valence electrons. The number of benzene rings is 1. The number of aryl methyl sites for hydroxylation is 1. The van der Waals surface area contributed by atoms with Crippen molar-refractivity contribution in [2.45, 2.75) is 38.7 Å². The fourth-order valence-corrected chi connectivity index (χ4v) is 2.52.